The third-order valence-corrected chi connectivity index (χ3v) is 4.39. The van der Waals surface area contributed by atoms with Gasteiger partial charge in [0.15, 0.2) is 0 Å². The molecule has 2 fully saturated rings. The van der Waals surface area contributed by atoms with Crippen LogP contribution in [-0.4, -0.2) is 72.5 Å². The van der Waals surface area contributed by atoms with Gasteiger partial charge in [0, 0.05) is 26.7 Å². The van der Waals surface area contributed by atoms with Crippen LogP contribution in [0.3, 0.4) is 0 Å². The third kappa shape index (κ3) is 6.10. The molecule has 2 atom stereocenters. The molecule has 150 valence electrons. The van der Waals surface area contributed by atoms with E-state index in [1.54, 1.807) is 18.0 Å². The van der Waals surface area contributed by atoms with Crippen LogP contribution >= 0.6 is 0 Å². The van der Waals surface area contributed by atoms with Crippen molar-refractivity contribution in [2.24, 2.45) is 0 Å². The average Bonchev–Trinajstić information content (AvgIpc) is 2.90. The minimum Gasteiger partial charge on any atom is -0.483 e. The Labute approximate surface area is 154 Å². The summed E-state index contributed by atoms with van der Waals surface area (Å²) in [6.07, 6.45) is -4.37. The molecule has 2 heterocycles. The van der Waals surface area contributed by atoms with Crippen molar-refractivity contribution in [2.45, 2.75) is 31.5 Å². The quantitative estimate of drug-likeness (QED) is 0.792. The molecule has 0 aliphatic carbocycles. The summed E-state index contributed by atoms with van der Waals surface area (Å²) >= 11 is 0. The van der Waals surface area contributed by atoms with Gasteiger partial charge >= 0.3 is 6.36 Å². The number of ether oxygens (including phenoxy) is 2. The van der Waals surface area contributed by atoms with Gasteiger partial charge in [0.25, 0.3) is 6.47 Å². The Morgan fingerprint density at radius 1 is 1.37 bits per heavy atom. The standard InChI is InChI=1S/C16H19F3N2O3.CH2O2/c1-20-13-9-21(10-14(13)23-6-5-15(20)22)8-11-3-2-4-12(7-11)24-16(17,18)19;2-1-3/h2-4,7,13-14H,5-6,8-10H2,1H3;1H,(H,2,3)/t13-,14-;/m0./s1. The van der Waals surface area contributed by atoms with Gasteiger partial charge in [0.1, 0.15) is 5.75 Å². The van der Waals surface area contributed by atoms with Gasteiger partial charge in [-0.3, -0.25) is 14.5 Å². The Morgan fingerprint density at radius 2 is 2.07 bits per heavy atom. The number of carbonyl (C=O) groups is 2. The zero-order chi connectivity index (χ0) is 20.0. The minimum atomic E-state index is -4.70. The van der Waals surface area contributed by atoms with Crippen molar-refractivity contribution in [3.05, 3.63) is 29.8 Å². The number of hydrogen-bond acceptors (Lipinski definition) is 5. The zero-order valence-corrected chi connectivity index (χ0v) is 14.7. The molecule has 2 saturated heterocycles. The molecule has 0 bridgehead atoms. The van der Waals surface area contributed by atoms with Gasteiger partial charge in [0.05, 0.1) is 25.2 Å². The SMILES string of the molecule is CN1C(=O)CCO[C@H]2CN(Cc3cccc(OC(F)(F)F)c3)C[C@@H]21.O=CO. The predicted molar refractivity (Wildman–Crippen MR) is 88.0 cm³/mol. The number of benzene rings is 1. The highest BCUT2D eigenvalue weighted by atomic mass is 19.4. The van der Waals surface area contributed by atoms with Crippen molar-refractivity contribution < 1.29 is 37.3 Å². The van der Waals surface area contributed by atoms with Crippen molar-refractivity contribution in [1.29, 1.82) is 0 Å². The molecule has 27 heavy (non-hydrogen) atoms. The minimum absolute atomic E-state index is 0.0189. The number of alkyl halides is 3. The van der Waals surface area contributed by atoms with Gasteiger partial charge in [-0.2, -0.15) is 0 Å². The number of rotatable bonds is 3. The molecule has 3 rings (SSSR count). The Hall–Kier alpha value is -2.33. The molecule has 2 aliphatic rings. The molecular formula is C17H21F3N2O5. The van der Waals surface area contributed by atoms with Crippen molar-refractivity contribution in [2.75, 3.05) is 26.7 Å². The average molecular weight is 390 g/mol. The highest BCUT2D eigenvalue weighted by molar-refractivity contribution is 5.76. The number of amides is 1. The largest absolute Gasteiger partial charge is 0.573 e. The summed E-state index contributed by atoms with van der Waals surface area (Å²) in [5.74, 6) is -0.165. The summed E-state index contributed by atoms with van der Waals surface area (Å²) in [6.45, 7) is 1.92. The molecule has 1 N–H and O–H groups in total. The Balaban J connectivity index is 0.000000817. The third-order valence-electron chi connectivity index (χ3n) is 4.39. The summed E-state index contributed by atoms with van der Waals surface area (Å²) in [5, 5.41) is 6.89. The van der Waals surface area contributed by atoms with E-state index in [0.29, 0.717) is 32.7 Å². The summed E-state index contributed by atoms with van der Waals surface area (Å²) in [7, 11) is 1.77. The van der Waals surface area contributed by atoms with E-state index in [9.17, 15) is 18.0 Å². The van der Waals surface area contributed by atoms with E-state index in [1.807, 2.05) is 0 Å². The molecule has 0 radical (unpaired) electrons. The van der Waals surface area contributed by atoms with Crippen LogP contribution in [0.2, 0.25) is 0 Å². The Bertz CT molecular complexity index is 656. The molecule has 2 aliphatic heterocycles. The van der Waals surface area contributed by atoms with E-state index in [2.05, 4.69) is 9.64 Å². The van der Waals surface area contributed by atoms with Gasteiger partial charge in [-0.1, -0.05) is 12.1 Å². The van der Waals surface area contributed by atoms with Crippen LogP contribution in [0.5, 0.6) is 5.75 Å². The molecule has 0 unspecified atom stereocenters. The van der Waals surface area contributed by atoms with Crippen LogP contribution < -0.4 is 4.74 Å². The van der Waals surface area contributed by atoms with Crippen LogP contribution in [-0.2, 0) is 20.9 Å². The monoisotopic (exact) mass is 390 g/mol. The van der Waals surface area contributed by atoms with E-state index in [1.165, 1.54) is 18.2 Å². The van der Waals surface area contributed by atoms with Crippen molar-refractivity contribution in [1.82, 2.24) is 9.80 Å². The number of fused-ring (bicyclic) bond motifs is 1. The first-order chi connectivity index (χ1) is 12.7. The van der Waals surface area contributed by atoms with Gasteiger partial charge in [-0.15, -0.1) is 13.2 Å². The molecule has 10 heteroatoms. The highest BCUT2D eigenvalue weighted by Crippen LogP contribution is 2.26. The summed E-state index contributed by atoms with van der Waals surface area (Å²) in [5.41, 5.74) is 0.724. The maximum absolute atomic E-state index is 12.3. The summed E-state index contributed by atoms with van der Waals surface area (Å²) < 4.78 is 46.6. The Kier molecular flexibility index (Phi) is 7.03. The fourth-order valence-corrected chi connectivity index (χ4v) is 3.26. The molecular weight excluding hydrogens is 369 g/mol. The van der Waals surface area contributed by atoms with Crippen molar-refractivity contribution in [3.8, 4) is 5.75 Å². The number of carbonyl (C=O) groups excluding carboxylic acids is 1. The van der Waals surface area contributed by atoms with Crippen LogP contribution in [0.15, 0.2) is 24.3 Å². The highest BCUT2D eigenvalue weighted by Gasteiger charge is 2.39. The second-order valence-electron chi connectivity index (χ2n) is 6.23. The maximum Gasteiger partial charge on any atom is 0.573 e. The summed E-state index contributed by atoms with van der Waals surface area (Å²) in [6, 6.07) is 5.94. The maximum atomic E-state index is 12.3. The molecule has 0 spiro atoms. The lowest BCUT2D eigenvalue weighted by atomic mass is 10.2. The number of hydrogen-bond donors (Lipinski definition) is 1. The normalized spacial score (nSPS) is 23.1. The van der Waals surface area contributed by atoms with Gasteiger partial charge in [-0.25, -0.2) is 0 Å². The molecule has 0 aromatic heterocycles. The first-order valence-electron chi connectivity index (χ1n) is 8.25. The van der Waals surface area contributed by atoms with Crippen LogP contribution in [0.25, 0.3) is 0 Å². The number of likely N-dealkylation sites (tertiary alicyclic amines) is 1. The molecule has 0 saturated carbocycles. The zero-order valence-electron chi connectivity index (χ0n) is 14.7. The first kappa shape index (κ1) is 21.0. The number of nitrogens with zero attached hydrogens (tertiary/aromatic N) is 2. The fraction of sp³-hybridized carbons (Fsp3) is 0.529. The smallest absolute Gasteiger partial charge is 0.483 e. The topological polar surface area (TPSA) is 79.3 Å². The van der Waals surface area contributed by atoms with Crippen LogP contribution in [0.1, 0.15) is 12.0 Å². The van der Waals surface area contributed by atoms with E-state index >= 15 is 0 Å². The molecule has 1 aromatic rings. The second-order valence-corrected chi connectivity index (χ2v) is 6.23. The lowest BCUT2D eigenvalue weighted by molar-refractivity contribution is -0.274. The van der Waals surface area contributed by atoms with Gasteiger partial charge in [-0.05, 0) is 17.7 Å². The second kappa shape index (κ2) is 9.05. The Morgan fingerprint density at radius 3 is 2.74 bits per heavy atom. The lowest BCUT2D eigenvalue weighted by Gasteiger charge is -2.25. The van der Waals surface area contributed by atoms with Gasteiger partial charge in [0.2, 0.25) is 5.91 Å². The van der Waals surface area contributed by atoms with E-state index in [-0.39, 0.29) is 30.3 Å². The number of halogens is 3. The first-order valence-corrected chi connectivity index (χ1v) is 8.25. The predicted octanol–water partition coefficient (Wildman–Crippen LogP) is 1.72. The van der Waals surface area contributed by atoms with Crippen molar-refractivity contribution >= 4 is 12.4 Å². The molecule has 1 amide bonds. The fourth-order valence-electron chi connectivity index (χ4n) is 3.26. The van der Waals surface area contributed by atoms with Gasteiger partial charge < -0.3 is 19.5 Å². The lowest BCUT2D eigenvalue weighted by Crippen LogP contribution is -2.42. The van der Waals surface area contributed by atoms with Crippen LogP contribution in [0.4, 0.5) is 13.2 Å². The molecule has 1 aromatic carbocycles. The number of likely N-dealkylation sites (N-methyl/N-ethyl adjacent to an activating group) is 1. The van der Waals surface area contributed by atoms with E-state index < -0.39 is 6.36 Å². The summed E-state index contributed by atoms with van der Waals surface area (Å²) in [4.78, 5) is 24.1. The van der Waals surface area contributed by atoms with E-state index in [4.69, 9.17) is 14.6 Å². The van der Waals surface area contributed by atoms with Crippen LogP contribution in [0, 0.1) is 0 Å². The number of carboxylic acid groups (broad SMARTS) is 1. The molecule has 7 nitrogen and oxygen atoms in total. The van der Waals surface area contributed by atoms with E-state index in [0.717, 1.165) is 5.56 Å². The van der Waals surface area contributed by atoms with Crippen molar-refractivity contribution in [3.63, 3.8) is 0 Å².